The van der Waals surface area contributed by atoms with Crippen LogP contribution in [0.3, 0.4) is 0 Å². The van der Waals surface area contributed by atoms with Crippen molar-refractivity contribution in [3.63, 3.8) is 0 Å². The molecule has 1 saturated heterocycles. The molecule has 1 aliphatic heterocycles. The van der Waals surface area contributed by atoms with Crippen LogP contribution in [0.25, 0.3) is 0 Å². The van der Waals surface area contributed by atoms with Gasteiger partial charge in [-0.15, -0.1) is 0 Å². The van der Waals surface area contributed by atoms with Crippen LogP contribution in [0.2, 0.25) is 0 Å². The third-order valence-corrected chi connectivity index (χ3v) is 5.69. The van der Waals surface area contributed by atoms with E-state index in [4.69, 9.17) is 18.9 Å². The molecule has 6 atom stereocenters. The maximum absolute atomic E-state index is 12.7. The summed E-state index contributed by atoms with van der Waals surface area (Å²) in [6.45, 7) is 7.44. The van der Waals surface area contributed by atoms with Gasteiger partial charge in [0, 0.05) is 52.2 Å². The first-order chi connectivity index (χ1) is 17.0. The number of nitrogens with one attached hydrogen (secondary N) is 3. The molecule has 2 amide bonds. The molecule has 1 fully saturated rings. The van der Waals surface area contributed by atoms with Crippen molar-refractivity contribution in [3.05, 3.63) is 0 Å². The predicted octanol–water partition coefficient (Wildman–Crippen LogP) is 0.179. The van der Waals surface area contributed by atoms with E-state index >= 15 is 0 Å². The zero-order valence-electron chi connectivity index (χ0n) is 21.2. The molecule has 0 radical (unpaired) electrons. The zero-order chi connectivity index (χ0) is 27.3. The number of thiol groups is 1. The molecule has 0 spiro atoms. The van der Waals surface area contributed by atoms with Gasteiger partial charge in [0.25, 0.3) is 0 Å². The predicted molar refractivity (Wildman–Crippen MR) is 128 cm³/mol. The lowest BCUT2D eigenvalue weighted by atomic mass is 9.84. The molecular formula is C22H37N3O10S. The molecule has 0 aromatic heterocycles. The third kappa shape index (κ3) is 11.5. The second-order valence-electron chi connectivity index (χ2n) is 8.53. The number of carbonyl (C=O) groups is 5. The van der Waals surface area contributed by atoms with E-state index in [0.29, 0.717) is 19.4 Å². The first-order valence-corrected chi connectivity index (χ1v) is 12.1. The minimum atomic E-state index is -1.10. The highest BCUT2D eigenvalue weighted by molar-refractivity contribution is 7.77. The van der Waals surface area contributed by atoms with Gasteiger partial charge in [-0.2, -0.15) is 0 Å². The van der Waals surface area contributed by atoms with Gasteiger partial charge in [0.2, 0.25) is 11.8 Å². The van der Waals surface area contributed by atoms with Gasteiger partial charge in [0.05, 0.1) is 0 Å². The van der Waals surface area contributed by atoms with Crippen LogP contribution < -0.4 is 15.5 Å². The summed E-state index contributed by atoms with van der Waals surface area (Å²) in [6, 6.07) is -1.10. The van der Waals surface area contributed by atoms with E-state index in [1.165, 1.54) is 20.8 Å². The van der Waals surface area contributed by atoms with E-state index in [-0.39, 0.29) is 31.4 Å². The molecule has 3 N–H and O–H groups in total. The first kappa shape index (κ1) is 31.6. The van der Waals surface area contributed by atoms with Crippen molar-refractivity contribution in [2.45, 2.75) is 78.4 Å². The van der Waals surface area contributed by atoms with E-state index in [2.05, 4.69) is 28.3 Å². The van der Waals surface area contributed by atoms with Gasteiger partial charge in [-0.05, 0) is 12.8 Å². The fraction of sp³-hybridized carbons (Fsp3) is 0.773. The van der Waals surface area contributed by atoms with Gasteiger partial charge in [-0.25, -0.2) is 0 Å². The average molecular weight is 536 g/mol. The molecule has 1 rings (SSSR count). The summed E-state index contributed by atoms with van der Waals surface area (Å²) < 4.78 is 22.3. The summed E-state index contributed by atoms with van der Waals surface area (Å²) >= 11 is 3.59. The number of hydrogen-bond donors (Lipinski definition) is 4. The van der Waals surface area contributed by atoms with Gasteiger partial charge in [0.15, 0.2) is 6.29 Å². The Balaban J connectivity index is 2.77. The van der Waals surface area contributed by atoms with Crippen LogP contribution in [0.15, 0.2) is 0 Å². The Kier molecular flexibility index (Phi) is 14.4. The van der Waals surface area contributed by atoms with E-state index in [1.54, 1.807) is 0 Å². The van der Waals surface area contributed by atoms with Crippen LogP contribution in [-0.4, -0.2) is 74.0 Å². The second kappa shape index (κ2) is 16.3. The van der Waals surface area contributed by atoms with Crippen molar-refractivity contribution < 1.29 is 47.8 Å². The van der Waals surface area contributed by atoms with Crippen LogP contribution in [0, 0.1) is 11.8 Å². The Bertz CT molecular complexity index is 768. The summed E-state index contributed by atoms with van der Waals surface area (Å²) in [5.41, 5.74) is 0. The summed E-state index contributed by atoms with van der Waals surface area (Å²) in [6.07, 6.45) is -0.738. The fourth-order valence-electron chi connectivity index (χ4n) is 3.62. The smallest absolute Gasteiger partial charge is 0.325 e. The Morgan fingerprint density at radius 2 is 1.69 bits per heavy atom. The maximum Gasteiger partial charge on any atom is 0.325 e. The molecule has 4 unspecified atom stereocenters. The Morgan fingerprint density at radius 3 is 2.28 bits per heavy atom. The lowest BCUT2D eigenvalue weighted by Crippen LogP contribution is -2.57. The van der Waals surface area contributed by atoms with Gasteiger partial charge >= 0.3 is 17.9 Å². The van der Waals surface area contributed by atoms with Crippen molar-refractivity contribution in [2.75, 3.05) is 19.8 Å². The van der Waals surface area contributed by atoms with Crippen molar-refractivity contribution in [3.8, 4) is 0 Å². The molecule has 14 heteroatoms. The SMILES string of the molecule is CC(=O)NC(COC(C)=O)C(=O)NCC1OC(OCCCCC(=O)ONS)C(C)[C@@H](C)[C@H]1OC(C)=O. The molecule has 0 saturated carbocycles. The third-order valence-electron chi connectivity index (χ3n) is 5.60. The molecule has 206 valence electrons. The minimum absolute atomic E-state index is 0.0492. The van der Waals surface area contributed by atoms with Crippen molar-refractivity contribution in [1.82, 2.24) is 15.5 Å². The summed E-state index contributed by atoms with van der Waals surface area (Å²) in [4.78, 5) is 64.9. The molecule has 1 aliphatic rings. The maximum atomic E-state index is 12.7. The monoisotopic (exact) mass is 535 g/mol. The van der Waals surface area contributed by atoms with E-state index < -0.39 is 54.3 Å². The van der Waals surface area contributed by atoms with Crippen LogP contribution >= 0.6 is 12.8 Å². The van der Waals surface area contributed by atoms with E-state index in [1.807, 2.05) is 18.7 Å². The summed E-state index contributed by atoms with van der Waals surface area (Å²) in [7, 11) is 0. The fourth-order valence-corrected chi connectivity index (χ4v) is 3.72. The molecule has 0 bridgehead atoms. The highest BCUT2D eigenvalue weighted by Crippen LogP contribution is 2.33. The molecule has 1 heterocycles. The highest BCUT2D eigenvalue weighted by atomic mass is 32.1. The van der Waals surface area contributed by atoms with Crippen molar-refractivity contribution >= 4 is 42.5 Å². The van der Waals surface area contributed by atoms with Gasteiger partial charge in [-0.3, -0.25) is 24.0 Å². The number of esters is 2. The Hall–Kier alpha value is -2.42. The van der Waals surface area contributed by atoms with Gasteiger partial charge in [-0.1, -0.05) is 31.5 Å². The number of amides is 2. The normalized spacial score (nSPS) is 24.2. The number of unbranched alkanes of at least 4 members (excludes halogenated alkanes) is 1. The van der Waals surface area contributed by atoms with Gasteiger partial charge < -0.3 is 34.4 Å². The van der Waals surface area contributed by atoms with Crippen molar-refractivity contribution in [2.24, 2.45) is 11.8 Å². The number of ether oxygens (including phenoxy) is 4. The van der Waals surface area contributed by atoms with Crippen molar-refractivity contribution in [1.29, 1.82) is 0 Å². The molecule has 0 aliphatic carbocycles. The molecule has 0 aromatic carbocycles. The summed E-state index contributed by atoms with van der Waals surface area (Å²) in [5.74, 6) is -2.90. The standard InChI is InChI=1S/C22H37N3O10S/c1-12-13(2)22(31-9-7-6-8-19(29)35-25-36)34-18(20(12)33-16(5)28)10-23-21(30)17(24-14(3)26)11-32-15(4)27/h12-13,17-18,20,22,25,36H,6-11H2,1-5H3,(H,23,30)(H,24,26)/t12-,13?,17?,18?,20-,22?/m1/s1. The largest absolute Gasteiger partial charge is 0.463 e. The number of carbonyl (C=O) groups excluding carboxylic acids is 5. The molecule has 13 nitrogen and oxygen atoms in total. The van der Waals surface area contributed by atoms with Crippen LogP contribution in [0.4, 0.5) is 0 Å². The molecule has 0 aromatic rings. The van der Waals surface area contributed by atoms with Crippen LogP contribution in [0.5, 0.6) is 0 Å². The quantitative estimate of drug-likeness (QED) is 0.0787. The van der Waals surface area contributed by atoms with E-state index in [0.717, 1.165) is 0 Å². The summed E-state index contributed by atoms with van der Waals surface area (Å²) in [5, 5.41) is 5.09. The molecule has 36 heavy (non-hydrogen) atoms. The van der Waals surface area contributed by atoms with Gasteiger partial charge in [0.1, 0.15) is 24.9 Å². The Morgan fingerprint density at radius 1 is 1.00 bits per heavy atom. The van der Waals surface area contributed by atoms with E-state index in [9.17, 15) is 24.0 Å². The first-order valence-electron chi connectivity index (χ1n) is 11.7. The highest BCUT2D eigenvalue weighted by Gasteiger charge is 2.44. The number of rotatable bonds is 14. The van der Waals surface area contributed by atoms with Crippen LogP contribution in [0.1, 0.15) is 53.9 Å². The Labute approximate surface area is 216 Å². The lowest BCUT2D eigenvalue weighted by molar-refractivity contribution is -0.265. The number of hydrogen-bond acceptors (Lipinski definition) is 12. The zero-order valence-corrected chi connectivity index (χ0v) is 22.1. The topological polar surface area (TPSA) is 168 Å². The average Bonchev–Trinajstić information content (AvgIpc) is 2.79. The van der Waals surface area contributed by atoms with Crippen LogP contribution in [-0.2, 0) is 47.8 Å². The second-order valence-corrected chi connectivity index (χ2v) is 8.71. The lowest BCUT2D eigenvalue weighted by Gasteiger charge is -2.44. The minimum Gasteiger partial charge on any atom is -0.463 e. The molecular weight excluding hydrogens is 498 g/mol.